The molecule has 3 aromatic rings. The molecule has 176 valence electrons. The van der Waals surface area contributed by atoms with Gasteiger partial charge in [-0.3, -0.25) is 4.79 Å². The molecule has 0 bridgehead atoms. The highest BCUT2D eigenvalue weighted by Gasteiger charge is 2.19. The second-order valence-electron chi connectivity index (χ2n) is 9.01. The predicted molar refractivity (Wildman–Crippen MR) is 138 cm³/mol. The Bertz CT molecular complexity index is 1140. The first-order valence-electron chi connectivity index (χ1n) is 12.0. The molecule has 1 aliphatic carbocycles. The van der Waals surface area contributed by atoms with Gasteiger partial charge in [0.05, 0.1) is 0 Å². The normalized spacial score (nSPS) is 14.8. The molecule has 0 heterocycles. The Morgan fingerprint density at radius 3 is 2.09 bits per heavy atom. The number of hydrogen-bond donors (Lipinski definition) is 0. The summed E-state index contributed by atoms with van der Waals surface area (Å²) in [6.45, 7) is 2.96. The standard InChI is InChI=1S/C30H33NO3/c1-22(32)34-27-18-14-25(15-19-27)30(24-12-16-26(17-13-24)33-21-20-31(2)3)29-11-7-5-9-23-8-4-6-10-28(23)29/h4,6,8,10,12-19H,5,7,9,11,20-21H2,1-3H3. The first kappa shape index (κ1) is 23.8. The number of likely N-dealkylation sites (N-methyl/N-ethyl adjacent to an activating group) is 1. The van der Waals surface area contributed by atoms with Gasteiger partial charge in [-0.05, 0) is 97.4 Å². The summed E-state index contributed by atoms with van der Waals surface area (Å²) in [4.78, 5) is 13.5. The zero-order valence-electron chi connectivity index (χ0n) is 20.3. The van der Waals surface area contributed by atoms with E-state index in [9.17, 15) is 4.79 Å². The monoisotopic (exact) mass is 455 g/mol. The Hall–Kier alpha value is -3.37. The molecular weight excluding hydrogens is 422 g/mol. The Morgan fingerprint density at radius 2 is 1.44 bits per heavy atom. The first-order valence-corrected chi connectivity index (χ1v) is 12.0. The van der Waals surface area contributed by atoms with Crippen LogP contribution in [0.2, 0.25) is 0 Å². The molecule has 0 amide bonds. The molecule has 0 N–H and O–H groups in total. The fourth-order valence-corrected chi connectivity index (χ4v) is 4.48. The fourth-order valence-electron chi connectivity index (χ4n) is 4.48. The summed E-state index contributed by atoms with van der Waals surface area (Å²) in [7, 11) is 4.09. The van der Waals surface area contributed by atoms with Crippen molar-refractivity contribution in [2.75, 3.05) is 27.2 Å². The Kier molecular flexibility index (Phi) is 7.81. The van der Waals surface area contributed by atoms with Gasteiger partial charge in [-0.1, -0.05) is 48.5 Å². The summed E-state index contributed by atoms with van der Waals surface area (Å²) >= 11 is 0. The van der Waals surface area contributed by atoms with Gasteiger partial charge in [0.15, 0.2) is 0 Å². The van der Waals surface area contributed by atoms with Crippen LogP contribution in [-0.2, 0) is 11.2 Å². The van der Waals surface area contributed by atoms with Gasteiger partial charge in [-0.2, -0.15) is 0 Å². The summed E-state index contributed by atoms with van der Waals surface area (Å²) in [6.07, 6.45) is 4.48. The molecule has 4 heteroatoms. The molecule has 0 spiro atoms. The number of carbonyl (C=O) groups excluding carboxylic acids is 1. The molecule has 34 heavy (non-hydrogen) atoms. The molecule has 4 nitrogen and oxygen atoms in total. The van der Waals surface area contributed by atoms with E-state index in [1.54, 1.807) is 0 Å². The Morgan fingerprint density at radius 1 is 0.824 bits per heavy atom. The van der Waals surface area contributed by atoms with E-state index in [-0.39, 0.29) is 5.97 Å². The highest BCUT2D eigenvalue weighted by molar-refractivity contribution is 5.99. The van der Waals surface area contributed by atoms with Gasteiger partial charge < -0.3 is 14.4 Å². The number of nitrogens with zero attached hydrogens (tertiary/aromatic N) is 1. The van der Waals surface area contributed by atoms with E-state index in [4.69, 9.17) is 9.47 Å². The van der Waals surface area contributed by atoms with Gasteiger partial charge in [0.25, 0.3) is 0 Å². The number of benzene rings is 3. The summed E-state index contributed by atoms with van der Waals surface area (Å²) < 4.78 is 11.2. The summed E-state index contributed by atoms with van der Waals surface area (Å²) in [5, 5.41) is 0. The van der Waals surface area contributed by atoms with Crippen molar-refractivity contribution < 1.29 is 14.3 Å². The number of hydrogen-bond acceptors (Lipinski definition) is 4. The van der Waals surface area contributed by atoms with Gasteiger partial charge in [-0.15, -0.1) is 0 Å². The van der Waals surface area contributed by atoms with E-state index in [1.165, 1.54) is 35.6 Å². The highest BCUT2D eigenvalue weighted by atomic mass is 16.5. The van der Waals surface area contributed by atoms with E-state index >= 15 is 0 Å². The quantitative estimate of drug-likeness (QED) is 0.240. The average molecular weight is 456 g/mol. The number of ether oxygens (including phenoxy) is 2. The topological polar surface area (TPSA) is 38.8 Å². The third-order valence-corrected chi connectivity index (χ3v) is 6.12. The van der Waals surface area contributed by atoms with Crippen LogP contribution in [0.4, 0.5) is 0 Å². The highest BCUT2D eigenvalue weighted by Crippen LogP contribution is 2.39. The fraction of sp³-hybridized carbons (Fsp3) is 0.300. The predicted octanol–water partition coefficient (Wildman–Crippen LogP) is 6.24. The Labute approximate surface area is 202 Å². The third-order valence-electron chi connectivity index (χ3n) is 6.12. The lowest BCUT2D eigenvalue weighted by Crippen LogP contribution is -2.19. The van der Waals surface area contributed by atoms with Crippen molar-refractivity contribution in [1.82, 2.24) is 4.90 Å². The number of esters is 1. The largest absolute Gasteiger partial charge is 0.492 e. The second kappa shape index (κ2) is 11.2. The van der Waals surface area contributed by atoms with E-state index < -0.39 is 0 Å². The van der Waals surface area contributed by atoms with Crippen LogP contribution in [0.5, 0.6) is 11.5 Å². The molecule has 4 rings (SSSR count). The minimum Gasteiger partial charge on any atom is -0.492 e. The molecule has 0 atom stereocenters. The molecule has 0 unspecified atom stereocenters. The molecule has 0 aromatic heterocycles. The maximum atomic E-state index is 11.4. The van der Waals surface area contributed by atoms with E-state index in [0.29, 0.717) is 12.4 Å². The van der Waals surface area contributed by atoms with Crippen molar-refractivity contribution in [2.24, 2.45) is 0 Å². The van der Waals surface area contributed by atoms with Crippen LogP contribution in [0.3, 0.4) is 0 Å². The van der Waals surface area contributed by atoms with Crippen LogP contribution in [0.1, 0.15) is 48.4 Å². The van der Waals surface area contributed by atoms with Crippen molar-refractivity contribution in [2.45, 2.75) is 32.6 Å². The average Bonchev–Trinajstić information content (AvgIpc) is 3.04. The lowest BCUT2D eigenvalue weighted by molar-refractivity contribution is -0.131. The lowest BCUT2D eigenvalue weighted by atomic mass is 9.86. The maximum Gasteiger partial charge on any atom is 0.308 e. The number of carbonyl (C=O) groups is 1. The minimum absolute atomic E-state index is 0.311. The zero-order chi connectivity index (χ0) is 23.9. The van der Waals surface area contributed by atoms with Crippen molar-refractivity contribution >= 4 is 17.1 Å². The van der Waals surface area contributed by atoms with Crippen LogP contribution in [0, 0.1) is 0 Å². The van der Waals surface area contributed by atoms with Crippen molar-refractivity contribution in [3.05, 3.63) is 95.1 Å². The maximum absolute atomic E-state index is 11.4. The van der Waals surface area contributed by atoms with Crippen LogP contribution in [-0.4, -0.2) is 38.1 Å². The van der Waals surface area contributed by atoms with E-state index in [0.717, 1.165) is 42.7 Å². The third kappa shape index (κ3) is 5.95. The molecular formula is C30H33NO3. The zero-order valence-corrected chi connectivity index (χ0v) is 20.3. The van der Waals surface area contributed by atoms with Crippen LogP contribution >= 0.6 is 0 Å². The number of aryl methyl sites for hydroxylation is 1. The number of allylic oxidation sites excluding steroid dienone is 1. The Balaban J connectivity index is 1.77. The molecule has 0 aliphatic heterocycles. The summed E-state index contributed by atoms with van der Waals surface area (Å²) in [6, 6.07) is 25.0. The van der Waals surface area contributed by atoms with Crippen molar-refractivity contribution in [3.8, 4) is 11.5 Å². The van der Waals surface area contributed by atoms with Gasteiger partial charge in [-0.25, -0.2) is 0 Å². The van der Waals surface area contributed by atoms with Crippen molar-refractivity contribution in [3.63, 3.8) is 0 Å². The lowest BCUT2D eigenvalue weighted by Gasteiger charge is -2.18. The SMILES string of the molecule is CC(=O)Oc1ccc(C(=C2CCCCc3ccccc32)c2ccc(OCCN(C)C)cc2)cc1. The molecule has 0 saturated heterocycles. The molecule has 0 fully saturated rings. The van der Waals surface area contributed by atoms with Gasteiger partial charge >= 0.3 is 5.97 Å². The van der Waals surface area contributed by atoms with Crippen LogP contribution < -0.4 is 9.47 Å². The summed E-state index contributed by atoms with van der Waals surface area (Å²) in [5.74, 6) is 1.13. The number of fused-ring (bicyclic) bond motifs is 1. The molecule has 3 aromatic carbocycles. The molecule has 0 saturated carbocycles. The van der Waals surface area contributed by atoms with Crippen molar-refractivity contribution in [1.29, 1.82) is 0 Å². The number of rotatable bonds is 7. The summed E-state index contributed by atoms with van der Waals surface area (Å²) in [5.41, 5.74) is 7.62. The van der Waals surface area contributed by atoms with Crippen LogP contribution in [0.25, 0.3) is 11.1 Å². The first-order chi connectivity index (χ1) is 16.5. The minimum atomic E-state index is -0.311. The second-order valence-corrected chi connectivity index (χ2v) is 9.01. The van der Waals surface area contributed by atoms with E-state index in [2.05, 4.69) is 65.6 Å². The van der Waals surface area contributed by atoms with Crippen LogP contribution in [0.15, 0.2) is 72.8 Å². The van der Waals surface area contributed by atoms with Gasteiger partial charge in [0, 0.05) is 13.5 Å². The van der Waals surface area contributed by atoms with Gasteiger partial charge in [0.2, 0.25) is 0 Å². The van der Waals surface area contributed by atoms with E-state index in [1.807, 2.05) is 26.2 Å². The molecule has 1 aliphatic rings. The van der Waals surface area contributed by atoms with Gasteiger partial charge in [0.1, 0.15) is 18.1 Å². The smallest absolute Gasteiger partial charge is 0.308 e. The molecule has 0 radical (unpaired) electrons.